The highest BCUT2D eigenvalue weighted by Gasteiger charge is 2.16. The Morgan fingerprint density at radius 2 is 0.533 bits per heavy atom. The summed E-state index contributed by atoms with van der Waals surface area (Å²) in [5, 5.41) is 0. The summed E-state index contributed by atoms with van der Waals surface area (Å²) < 4.78 is 0. The fraction of sp³-hybridized carbons (Fsp3) is 1.00. The molecule has 0 aromatic carbocycles. The van der Waals surface area contributed by atoms with E-state index in [1.165, 1.54) is 148 Å². The summed E-state index contributed by atoms with van der Waals surface area (Å²) in [5.41, 5.74) is 0. The van der Waals surface area contributed by atoms with Gasteiger partial charge in [0.25, 0.3) is 0 Å². The second-order valence-electron chi connectivity index (χ2n) is 10.4. The number of hydrogen-bond acceptors (Lipinski definition) is 0. The van der Waals surface area contributed by atoms with Crippen LogP contribution < -0.4 is 0 Å². The maximum Gasteiger partial charge on any atom is -0.0412 e. The Hall–Kier alpha value is 0. The Labute approximate surface area is 193 Å². The van der Waals surface area contributed by atoms with Crippen molar-refractivity contribution in [3.63, 3.8) is 0 Å². The lowest BCUT2D eigenvalue weighted by atomic mass is 9.82. The van der Waals surface area contributed by atoms with Crippen molar-refractivity contribution in [3.8, 4) is 0 Å². The number of rotatable bonds is 25. The van der Waals surface area contributed by atoms with Gasteiger partial charge in [-0.3, -0.25) is 0 Å². The van der Waals surface area contributed by atoms with Gasteiger partial charge in [0.05, 0.1) is 0 Å². The minimum absolute atomic E-state index is 1.03. The Balaban J connectivity index is 4.44. The van der Waals surface area contributed by atoms with Gasteiger partial charge in [-0.05, 0) is 18.3 Å². The quantitative estimate of drug-likeness (QED) is 0.128. The van der Waals surface area contributed by atoms with Gasteiger partial charge in [0.2, 0.25) is 0 Å². The average Bonchev–Trinajstić information content (AvgIpc) is 2.75. The van der Waals surface area contributed by atoms with E-state index >= 15 is 0 Å². The van der Waals surface area contributed by atoms with Gasteiger partial charge in [-0.2, -0.15) is 0 Å². The van der Waals surface area contributed by atoms with E-state index in [-0.39, 0.29) is 0 Å². The predicted molar refractivity (Wildman–Crippen MR) is 140 cm³/mol. The van der Waals surface area contributed by atoms with Gasteiger partial charge in [-0.1, -0.05) is 175 Å². The molecule has 0 saturated heterocycles. The minimum atomic E-state index is 1.03. The molecule has 182 valence electrons. The van der Waals surface area contributed by atoms with Crippen LogP contribution in [0.4, 0.5) is 0 Å². The zero-order valence-electron chi connectivity index (χ0n) is 22.1. The Kier molecular flexibility index (Phi) is 25.3. The van der Waals surface area contributed by atoms with E-state index < -0.39 is 0 Å². The first kappa shape index (κ1) is 30.0. The van der Waals surface area contributed by atoms with Crippen molar-refractivity contribution in [1.29, 1.82) is 0 Å². The molecule has 0 aliphatic carbocycles. The predicted octanol–water partition coefficient (Wildman–Crippen LogP) is 11.7. The van der Waals surface area contributed by atoms with Gasteiger partial charge in [-0.15, -0.1) is 0 Å². The Morgan fingerprint density at radius 3 is 0.867 bits per heavy atom. The molecule has 0 aromatic heterocycles. The van der Waals surface area contributed by atoms with Crippen LogP contribution in [0.25, 0.3) is 0 Å². The topological polar surface area (TPSA) is 0 Å². The van der Waals surface area contributed by atoms with Crippen molar-refractivity contribution in [1.82, 2.24) is 0 Å². The molecule has 0 aliphatic heterocycles. The first-order valence-electron chi connectivity index (χ1n) is 14.8. The SMILES string of the molecule is CCCCCCCCC(CCCCCCC)CC(CCCCC)CCCCCCC. The summed E-state index contributed by atoms with van der Waals surface area (Å²) in [6.07, 6.45) is 35.3. The van der Waals surface area contributed by atoms with E-state index in [1.54, 1.807) is 6.42 Å². The van der Waals surface area contributed by atoms with Gasteiger partial charge in [-0.25, -0.2) is 0 Å². The summed E-state index contributed by atoms with van der Waals surface area (Å²) in [4.78, 5) is 0. The molecular formula is C30H62. The molecule has 0 heteroatoms. The smallest absolute Gasteiger partial charge is 0.0412 e. The van der Waals surface area contributed by atoms with Crippen LogP contribution in [0.2, 0.25) is 0 Å². The van der Waals surface area contributed by atoms with Crippen LogP contribution in [0, 0.1) is 11.8 Å². The maximum absolute atomic E-state index is 2.36. The molecule has 0 amide bonds. The third-order valence-corrected chi connectivity index (χ3v) is 7.28. The molecule has 0 saturated carbocycles. The van der Waals surface area contributed by atoms with Crippen molar-refractivity contribution in [2.45, 2.75) is 182 Å². The van der Waals surface area contributed by atoms with E-state index in [1.807, 2.05) is 0 Å². The highest BCUT2D eigenvalue weighted by Crippen LogP contribution is 2.31. The summed E-state index contributed by atoms with van der Waals surface area (Å²) in [7, 11) is 0. The lowest BCUT2D eigenvalue weighted by Crippen LogP contribution is -2.10. The third kappa shape index (κ3) is 21.2. The molecule has 2 atom stereocenters. The fourth-order valence-corrected chi connectivity index (χ4v) is 5.20. The highest BCUT2D eigenvalue weighted by atomic mass is 14.2. The second kappa shape index (κ2) is 25.3. The van der Waals surface area contributed by atoms with Crippen LogP contribution in [-0.4, -0.2) is 0 Å². The Morgan fingerprint density at radius 1 is 0.300 bits per heavy atom. The zero-order chi connectivity index (χ0) is 22.1. The van der Waals surface area contributed by atoms with Crippen molar-refractivity contribution in [3.05, 3.63) is 0 Å². The summed E-state index contributed by atoms with van der Waals surface area (Å²) in [5.74, 6) is 2.05. The molecule has 0 heterocycles. The van der Waals surface area contributed by atoms with Crippen LogP contribution >= 0.6 is 0 Å². The Bertz CT molecular complexity index is 294. The number of hydrogen-bond donors (Lipinski definition) is 0. The molecule has 0 rings (SSSR count). The molecule has 0 N–H and O–H groups in total. The van der Waals surface area contributed by atoms with Crippen LogP contribution in [0.3, 0.4) is 0 Å². The zero-order valence-corrected chi connectivity index (χ0v) is 22.1. The molecule has 0 fully saturated rings. The first-order valence-corrected chi connectivity index (χ1v) is 14.8. The maximum atomic E-state index is 2.36. The lowest BCUT2D eigenvalue weighted by molar-refractivity contribution is 0.282. The molecule has 0 aliphatic rings. The summed E-state index contributed by atoms with van der Waals surface area (Å²) in [6, 6.07) is 0. The van der Waals surface area contributed by atoms with E-state index in [0.29, 0.717) is 0 Å². The van der Waals surface area contributed by atoms with Crippen molar-refractivity contribution < 1.29 is 0 Å². The average molecular weight is 423 g/mol. The van der Waals surface area contributed by atoms with Crippen LogP contribution in [0.1, 0.15) is 182 Å². The normalized spacial score (nSPS) is 13.6. The van der Waals surface area contributed by atoms with Crippen molar-refractivity contribution in [2.24, 2.45) is 11.8 Å². The largest absolute Gasteiger partial charge is 0.0654 e. The summed E-state index contributed by atoms with van der Waals surface area (Å²) >= 11 is 0. The number of unbranched alkanes of at least 4 members (excludes halogenated alkanes) is 15. The van der Waals surface area contributed by atoms with Gasteiger partial charge in [0, 0.05) is 0 Å². The minimum Gasteiger partial charge on any atom is -0.0654 e. The van der Waals surface area contributed by atoms with Crippen molar-refractivity contribution in [2.75, 3.05) is 0 Å². The molecule has 0 bridgehead atoms. The van der Waals surface area contributed by atoms with Gasteiger partial charge in [0.1, 0.15) is 0 Å². The fourth-order valence-electron chi connectivity index (χ4n) is 5.20. The molecule has 2 unspecified atom stereocenters. The van der Waals surface area contributed by atoms with Gasteiger partial charge < -0.3 is 0 Å². The van der Waals surface area contributed by atoms with E-state index in [9.17, 15) is 0 Å². The van der Waals surface area contributed by atoms with E-state index in [0.717, 1.165) is 11.8 Å². The van der Waals surface area contributed by atoms with Crippen LogP contribution in [0.5, 0.6) is 0 Å². The van der Waals surface area contributed by atoms with E-state index in [2.05, 4.69) is 27.7 Å². The van der Waals surface area contributed by atoms with Crippen molar-refractivity contribution >= 4 is 0 Å². The van der Waals surface area contributed by atoms with Gasteiger partial charge in [0.15, 0.2) is 0 Å². The molecule has 0 nitrogen and oxygen atoms in total. The van der Waals surface area contributed by atoms with E-state index in [4.69, 9.17) is 0 Å². The first-order chi connectivity index (χ1) is 14.8. The van der Waals surface area contributed by atoms with Gasteiger partial charge >= 0.3 is 0 Å². The monoisotopic (exact) mass is 422 g/mol. The summed E-state index contributed by atoms with van der Waals surface area (Å²) in [6.45, 7) is 9.36. The molecular weight excluding hydrogens is 360 g/mol. The van der Waals surface area contributed by atoms with Crippen LogP contribution in [-0.2, 0) is 0 Å². The second-order valence-corrected chi connectivity index (χ2v) is 10.4. The molecule has 0 aromatic rings. The van der Waals surface area contributed by atoms with Crippen LogP contribution in [0.15, 0.2) is 0 Å². The standard InChI is InChI=1S/C30H62/c1-5-9-13-16-19-23-27-30(26-22-18-15-11-7-3)28-29(24-20-12-8-4)25-21-17-14-10-6-2/h29-30H,5-28H2,1-4H3. The molecule has 0 spiro atoms. The molecule has 0 radical (unpaired) electrons. The third-order valence-electron chi connectivity index (χ3n) is 7.28. The highest BCUT2D eigenvalue weighted by molar-refractivity contribution is 4.69. The molecule has 30 heavy (non-hydrogen) atoms. The lowest BCUT2D eigenvalue weighted by Gasteiger charge is -2.24.